The van der Waals surface area contributed by atoms with Crippen LogP contribution in [0, 0.1) is 0 Å². The second-order valence-electron chi connectivity index (χ2n) is 6.49. The first-order valence-corrected chi connectivity index (χ1v) is 9.02. The molecule has 2 aromatic carbocycles. The number of carbonyl (C=O) groups is 2. The van der Waals surface area contributed by atoms with E-state index in [9.17, 15) is 9.59 Å². The third-order valence-electron chi connectivity index (χ3n) is 4.50. The van der Waals surface area contributed by atoms with Crippen LogP contribution in [0.4, 0.5) is 5.69 Å². The van der Waals surface area contributed by atoms with Crippen LogP contribution in [0.3, 0.4) is 0 Å². The summed E-state index contributed by atoms with van der Waals surface area (Å²) in [5.41, 5.74) is 1.95. The van der Waals surface area contributed by atoms with E-state index in [-0.39, 0.29) is 18.2 Å². The van der Waals surface area contributed by atoms with E-state index in [0.717, 1.165) is 18.7 Å². The average molecular weight is 372 g/mol. The molecule has 2 amide bonds. The largest absolute Gasteiger partial charge is 0.336 e. The monoisotopic (exact) mass is 371 g/mol. The molecular weight excluding hydrogens is 350 g/mol. The summed E-state index contributed by atoms with van der Waals surface area (Å²) in [6, 6.07) is 14.3. The molecule has 0 radical (unpaired) electrons. The molecule has 1 N–H and O–H groups in total. The quantitative estimate of drug-likeness (QED) is 0.899. The van der Waals surface area contributed by atoms with Crippen molar-refractivity contribution in [1.82, 2.24) is 9.80 Å². The summed E-state index contributed by atoms with van der Waals surface area (Å²) in [7, 11) is 2.05. The topological polar surface area (TPSA) is 52.6 Å². The third kappa shape index (κ3) is 4.62. The van der Waals surface area contributed by atoms with E-state index in [1.54, 1.807) is 24.3 Å². The van der Waals surface area contributed by atoms with Crippen molar-refractivity contribution in [3.05, 3.63) is 64.7 Å². The predicted molar refractivity (Wildman–Crippen MR) is 104 cm³/mol. The summed E-state index contributed by atoms with van der Waals surface area (Å²) < 4.78 is 0. The van der Waals surface area contributed by atoms with Crippen molar-refractivity contribution in [2.75, 3.05) is 38.5 Å². The number of hydrogen-bond donors (Lipinski definition) is 1. The van der Waals surface area contributed by atoms with Crippen LogP contribution < -0.4 is 5.32 Å². The number of amides is 2. The zero-order valence-electron chi connectivity index (χ0n) is 14.7. The second kappa shape index (κ2) is 8.34. The highest BCUT2D eigenvalue weighted by molar-refractivity contribution is 6.30. The summed E-state index contributed by atoms with van der Waals surface area (Å²) in [6.45, 7) is 3.11. The Labute approximate surface area is 158 Å². The third-order valence-corrected chi connectivity index (χ3v) is 4.75. The van der Waals surface area contributed by atoms with Gasteiger partial charge in [-0.05, 0) is 36.9 Å². The molecule has 0 aromatic heterocycles. The van der Waals surface area contributed by atoms with E-state index in [4.69, 9.17) is 11.6 Å². The summed E-state index contributed by atoms with van der Waals surface area (Å²) >= 11 is 5.87. The highest BCUT2D eigenvalue weighted by Gasteiger charge is 2.22. The van der Waals surface area contributed by atoms with Gasteiger partial charge in [0, 0.05) is 31.2 Å². The van der Waals surface area contributed by atoms with Gasteiger partial charge >= 0.3 is 0 Å². The second-order valence-corrected chi connectivity index (χ2v) is 6.93. The number of anilines is 1. The van der Waals surface area contributed by atoms with Crippen LogP contribution in [-0.2, 0) is 11.2 Å². The number of likely N-dealkylation sites (N-methyl/N-ethyl adjacent to an activating group) is 1. The fourth-order valence-electron chi connectivity index (χ4n) is 2.94. The fraction of sp³-hybridized carbons (Fsp3) is 0.300. The minimum Gasteiger partial charge on any atom is -0.336 e. The van der Waals surface area contributed by atoms with Gasteiger partial charge in [-0.3, -0.25) is 9.59 Å². The van der Waals surface area contributed by atoms with Crippen molar-refractivity contribution in [3.8, 4) is 0 Å². The zero-order valence-corrected chi connectivity index (χ0v) is 15.5. The lowest BCUT2D eigenvalue weighted by Crippen LogP contribution is -2.47. The number of rotatable bonds is 4. The molecule has 1 heterocycles. The summed E-state index contributed by atoms with van der Waals surface area (Å²) in [5.74, 6) is -0.202. The van der Waals surface area contributed by atoms with E-state index in [1.807, 2.05) is 36.2 Å². The van der Waals surface area contributed by atoms with Crippen LogP contribution in [0.15, 0.2) is 48.5 Å². The van der Waals surface area contributed by atoms with Gasteiger partial charge in [-0.15, -0.1) is 0 Å². The van der Waals surface area contributed by atoms with E-state index < -0.39 is 0 Å². The van der Waals surface area contributed by atoms with Crippen LogP contribution in [0.25, 0.3) is 0 Å². The average Bonchev–Trinajstić information content (AvgIpc) is 2.64. The van der Waals surface area contributed by atoms with Gasteiger partial charge in [0.25, 0.3) is 5.91 Å². The van der Waals surface area contributed by atoms with Crippen molar-refractivity contribution in [3.63, 3.8) is 0 Å². The first-order valence-electron chi connectivity index (χ1n) is 8.64. The lowest BCUT2D eigenvalue weighted by atomic mass is 10.1. The van der Waals surface area contributed by atoms with Crippen molar-refractivity contribution < 1.29 is 9.59 Å². The smallest absolute Gasteiger partial charge is 0.256 e. The summed E-state index contributed by atoms with van der Waals surface area (Å²) in [5, 5.41) is 3.51. The SMILES string of the molecule is CN1CCN(C(=O)c2ccccc2NC(=O)Cc2ccc(Cl)cc2)CC1. The Morgan fingerprint density at radius 1 is 1.00 bits per heavy atom. The number of halogens is 1. The van der Waals surface area contributed by atoms with Crippen LogP contribution in [-0.4, -0.2) is 54.8 Å². The van der Waals surface area contributed by atoms with Crippen molar-refractivity contribution in [2.24, 2.45) is 0 Å². The number of para-hydroxylation sites is 1. The Kier molecular flexibility index (Phi) is 5.91. The van der Waals surface area contributed by atoms with Gasteiger partial charge in [-0.1, -0.05) is 35.9 Å². The predicted octanol–water partition coefficient (Wildman–Crippen LogP) is 2.91. The fourth-order valence-corrected chi connectivity index (χ4v) is 3.07. The Morgan fingerprint density at radius 2 is 1.65 bits per heavy atom. The lowest BCUT2D eigenvalue weighted by molar-refractivity contribution is -0.115. The molecule has 0 bridgehead atoms. The van der Waals surface area contributed by atoms with E-state index in [2.05, 4.69) is 10.2 Å². The van der Waals surface area contributed by atoms with E-state index in [0.29, 0.717) is 29.4 Å². The first kappa shape index (κ1) is 18.4. The van der Waals surface area contributed by atoms with Gasteiger partial charge in [-0.2, -0.15) is 0 Å². The minimum atomic E-state index is -0.161. The molecule has 0 aliphatic carbocycles. The van der Waals surface area contributed by atoms with Crippen LogP contribution in [0.2, 0.25) is 5.02 Å². The van der Waals surface area contributed by atoms with Gasteiger partial charge in [0.1, 0.15) is 0 Å². The molecule has 6 heteroatoms. The molecule has 3 rings (SSSR count). The number of carbonyl (C=O) groups excluding carboxylic acids is 2. The maximum atomic E-state index is 12.8. The van der Waals surface area contributed by atoms with Gasteiger partial charge in [0.05, 0.1) is 17.7 Å². The molecule has 1 saturated heterocycles. The van der Waals surface area contributed by atoms with Gasteiger partial charge in [0.15, 0.2) is 0 Å². The standard InChI is InChI=1S/C20H22ClN3O2/c1-23-10-12-24(13-11-23)20(26)17-4-2-3-5-18(17)22-19(25)14-15-6-8-16(21)9-7-15/h2-9H,10-14H2,1H3,(H,22,25). The lowest BCUT2D eigenvalue weighted by Gasteiger charge is -2.32. The molecule has 26 heavy (non-hydrogen) atoms. The first-order chi connectivity index (χ1) is 12.5. The number of nitrogens with one attached hydrogen (secondary N) is 1. The molecule has 2 aromatic rings. The minimum absolute atomic E-state index is 0.0412. The number of hydrogen-bond acceptors (Lipinski definition) is 3. The highest BCUT2D eigenvalue weighted by atomic mass is 35.5. The zero-order chi connectivity index (χ0) is 18.5. The maximum Gasteiger partial charge on any atom is 0.256 e. The normalized spacial score (nSPS) is 14.9. The van der Waals surface area contributed by atoms with Crippen LogP contribution in [0.1, 0.15) is 15.9 Å². The molecule has 1 fully saturated rings. The Bertz CT molecular complexity index is 784. The molecule has 136 valence electrons. The van der Waals surface area contributed by atoms with Gasteiger partial charge in [0.2, 0.25) is 5.91 Å². The Balaban J connectivity index is 1.69. The number of benzene rings is 2. The molecular formula is C20H22ClN3O2. The highest BCUT2D eigenvalue weighted by Crippen LogP contribution is 2.19. The Hall–Kier alpha value is -2.37. The molecule has 1 aliphatic heterocycles. The Morgan fingerprint density at radius 3 is 2.35 bits per heavy atom. The molecule has 0 unspecified atom stereocenters. The van der Waals surface area contributed by atoms with Gasteiger partial charge in [-0.25, -0.2) is 0 Å². The molecule has 0 atom stereocenters. The van der Waals surface area contributed by atoms with Crippen LogP contribution in [0.5, 0.6) is 0 Å². The van der Waals surface area contributed by atoms with Crippen molar-refractivity contribution >= 4 is 29.1 Å². The summed E-state index contributed by atoms with van der Waals surface area (Å²) in [6.07, 6.45) is 0.230. The van der Waals surface area contributed by atoms with Crippen molar-refractivity contribution in [1.29, 1.82) is 0 Å². The van der Waals surface area contributed by atoms with Crippen molar-refractivity contribution in [2.45, 2.75) is 6.42 Å². The molecule has 5 nitrogen and oxygen atoms in total. The number of piperazine rings is 1. The van der Waals surface area contributed by atoms with Gasteiger partial charge < -0.3 is 15.1 Å². The van der Waals surface area contributed by atoms with Crippen LogP contribution >= 0.6 is 11.6 Å². The molecule has 0 spiro atoms. The maximum absolute atomic E-state index is 12.8. The van der Waals surface area contributed by atoms with E-state index >= 15 is 0 Å². The number of nitrogens with zero attached hydrogens (tertiary/aromatic N) is 2. The molecule has 0 saturated carbocycles. The summed E-state index contributed by atoms with van der Waals surface area (Å²) in [4.78, 5) is 29.3. The molecule has 1 aliphatic rings. The van der Waals surface area contributed by atoms with E-state index in [1.165, 1.54) is 0 Å².